The molecule has 0 radical (unpaired) electrons. The first kappa shape index (κ1) is 14.4. The topological polar surface area (TPSA) is 63.2 Å². The Balaban J connectivity index is 3.05. The van der Waals surface area contributed by atoms with Gasteiger partial charge >= 0.3 is 0 Å². The number of nitrogens with one attached hydrogen (secondary N) is 1. The minimum atomic E-state index is -3.80. The molecule has 0 aliphatic heterocycles. The van der Waals surface area contributed by atoms with Crippen molar-refractivity contribution < 1.29 is 13.2 Å². The fraction of sp³-hybridized carbons (Fsp3) is 0.308. The predicted molar refractivity (Wildman–Crippen MR) is 70.7 cm³/mol. The lowest BCUT2D eigenvalue weighted by Gasteiger charge is -2.19. The summed E-state index contributed by atoms with van der Waals surface area (Å²) in [5.74, 6) is -0.741. The van der Waals surface area contributed by atoms with Crippen LogP contribution in [0.2, 0.25) is 0 Å². The van der Waals surface area contributed by atoms with Crippen molar-refractivity contribution in [1.29, 1.82) is 0 Å². The molecule has 1 rings (SSSR count). The van der Waals surface area contributed by atoms with E-state index in [1.165, 1.54) is 12.1 Å². The summed E-state index contributed by atoms with van der Waals surface area (Å²) in [5.41, 5.74) is 0.976. The maximum absolute atomic E-state index is 11.8. The summed E-state index contributed by atoms with van der Waals surface area (Å²) in [7, 11) is -3.80. The Morgan fingerprint density at radius 1 is 1.22 bits per heavy atom. The quantitative estimate of drug-likeness (QED) is 0.852. The molecule has 1 amide bonds. The summed E-state index contributed by atoms with van der Waals surface area (Å²) in [6, 6.07) is 6.46. The van der Waals surface area contributed by atoms with E-state index in [1.807, 2.05) is 25.5 Å². The summed E-state index contributed by atoms with van der Waals surface area (Å²) in [5, 5.41) is 0. The minimum absolute atomic E-state index is 0.0490. The van der Waals surface area contributed by atoms with E-state index in [-0.39, 0.29) is 10.3 Å². The summed E-state index contributed by atoms with van der Waals surface area (Å²) in [4.78, 5) is 11.1. The van der Waals surface area contributed by atoms with Gasteiger partial charge < -0.3 is 0 Å². The number of amides is 1. The van der Waals surface area contributed by atoms with Crippen molar-refractivity contribution in [2.24, 2.45) is 0 Å². The fourth-order valence-electron chi connectivity index (χ4n) is 1.37. The fourth-order valence-corrected chi connectivity index (χ4v) is 2.33. The summed E-state index contributed by atoms with van der Waals surface area (Å²) >= 11 is 0. The highest BCUT2D eigenvalue weighted by molar-refractivity contribution is 7.90. The number of hydrogen-bond acceptors (Lipinski definition) is 3. The number of hydrogen-bond donors (Lipinski definition) is 1. The molecule has 0 aliphatic rings. The third kappa shape index (κ3) is 3.43. The summed E-state index contributed by atoms with van der Waals surface area (Å²) < 4.78 is 25.5. The molecule has 18 heavy (non-hydrogen) atoms. The van der Waals surface area contributed by atoms with Gasteiger partial charge in [-0.05, 0) is 29.2 Å². The van der Waals surface area contributed by atoms with Crippen molar-refractivity contribution in [2.45, 2.75) is 31.1 Å². The minimum Gasteiger partial charge on any atom is -0.269 e. The van der Waals surface area contributed by atoms with Gasteiger partial charge in [-0.3, -0.25) is 4.79 Å². The third-order valence-electron chi connectivity index (χ3n) is 2.45. The number of sulfonamides is 1. The van der Waals surface area contributed by atoms with Crippen molar-refractivity contribution in [3.8, 4) is 0 Å². The molecule has 1 aromatic rings. The van der Waals surface area contributed by atoms with Gasteiger partial charge in [-0.15, -0.1) is 0 Å². The van der Waals surface area contributed by atoms with E-state index in [9.17, 15) is 13.2 Å². The first-order valence-electron chi connectivity index (χ1n) is 5.46. The van der Waals surface area contributed by atoms with Gasteiger partial charge in [-0.1, -0.05) is 39.5 Å². The van der Waals surface area contributed by atoms with Crippen molar-refractivity contribution >= 4 is 15.9 Å². The van der Waals surface area contributed by atoms with Crippen LogP contribution in [0.25, 0.3) is 0 Å². The lowest BCUT2D eigenvalue weighted by molar-refractivity contribution is -0.114. The monoisotopic (exact) mass is 267 g/mol. The Morgan fingerprint density at radius 2 is 1.72 bits per heavy atom. The first-order chi connectivity index (χ1) is 8.16. The van der Waals surface area contributed by atoms with E-state index in [4.69, 9.17) is 0 Å². The average molecular weight is 267 g/mol. The number of benzene rings is 1. The highest BCUT2D eigenvalue weighted by Gasteiger charge is 2.18. The zero-order valence-corrected chi connectivity index (χ0v) is 11.5. The van der Waals surface area contributed by atoms with Gasteiger partial charge in [0.1, 0.15) is 0 Å². The van der Waals surface area contributed by atoms with E-state index < -0.39 is 15.9 Å². The summed E-state index contributed by atoms with van der Waals surface area (Å²) in [6.45, 7) is 9.32. The van der Waals surface area contributed by atoms with Crippen LogP contribution in [-0.2, 0) is 20.2 Å². The highest BCUT2D eigenvalue weighted by atomic mass is 32.2. The van der Waals surface area contributed by atoms with Gasteiger partial charge in [0.2, 0.25) is 0 Å². The van der Waals surface area contributed by atoms with Crippen LogP contribution in [0.1, 0.15) is 26.3 Å². The molecule has 0 bridgehead atoms. The van der Waals surface area contributed by atoms with Crippen LogP contribution in [-0.4, -0.2) is 14.3 Å². The van der Waals surface area contributed by atoms with Crippen LogP contribution in [0.15, 0.2) is 41.8 Å². The van der Waals surface area contributed by atoms with Crippen LogP contribution < -0.4 is 4.72 Å². The van der Waals surface area contributed by atoms with Crippen molar-refractivity contribution in [2.75, 3.05) is 0 Å². The van der Waals surface area contributed by atoms with Crippen molar-refractivity contribution in [3.05, 3.63) is 42.5 Å². The van der Waals surface area contributed by atoms with Crippen LogP contribution in [0.3, 0.4) is 0 Å². The van der Waals surface area contributed by atoms with Gasteiger partial charge in [-0.2, -0.15) is 0 Å². The molecular weight excluding hydrogens is 250 g/mol. The van der Waals surface area contributed by atoms with Crippen LogP contribution in [0.4, 0.5) is 0 Å². The Labute approximate surface area is 108 Å². The second kappa shape index (κ2) is 4.94. The van der Waals surface area contributed by atoms with E-state index in [0.717, 1.165) is 11.6 Å². The maximum Gasteiger partial charge on any atom is 0.264 e. The largest absolute Gasteiger partial charge is 0.269 e. The van der Waals surface area contributed by atoms with Gasteiger partial charge in [0.25, 0.3) is 15.9 Å². The molecule has 1 aromatic carbocycles. The Hall–Kier alpha value is -1.62. The molecule has 0 aromatic heterocycles. The Bertz CT molecular complexity index is 551. The van der Waals surface area contributed by atoms with Gasteiger partial charge in [0.15, 0.2) is 0 Å². The lowest BCUT2D eigenvalue weighted by atomic mass is 9.87. The van der Waals surface area contributed by atoms with E-state index in [1.54, 1.807) is 12.1 Å². The molecule has 0 atom stereocenters. The SMILES string of the molecule is C=CC(=O)NS(=O)(=O)c1ccc(C(C)(C)C)cc1. The molecule has 98 valence electrons. The van der Waals surface area contributed by atoms with Gasteiger partial charge in [-0.25, -0.2) is 13.1 Å². The molecule has 0 saturated heterocycles. The number of rotatable bonds is 3. The zero-order valence-electron chi connectivity index (χ0n) is 10.7. The zero-order chi connectivity index (χ0) is 14.0. The second-order valence-electron chi connectivity index (χ2n) is 4.95. The molecule has 0 aliphatic carbocycles. The molecule has 1 N–H and O–H groups in total. The van der Waals surface area contributed by atoms with Gasteiger partial charge in [0, 0.05) is 0 Å². The van der Waals surface area contributed by atoms with E-state index in [0.29, 0.717) is 0 Å². The van der Waals surface area contributed by atoms with E-state index in [2.05, 4.69) is 6.58 Å². The average Bonchev–Trinajstić information content (AvgIpc) is 2.27. The van der Waals surface area contributed by atoms with Crippen LogP contribution >= 0.6 is 0 Å². The van der Waals surface area contributed by atoms with E-state index >= 15 is 0 Å². The molecule has 0 unspecified atom stereocenters. The third-order valence-corrected chi connectivity index (χ3v) is 3.81. The molecular formula is C13H17NO3S. The van der Waals surface area contributed by atoms with Crippen molar-refractivity contribution in [1.82, 2.24) is 4.72 Å². The van der Waals surface area contributed by atoms with Crippen molar-refractivity contribution in [3.63, 3.8) is 0 Å². The smallest absolute Gasteiger partial charge is 0.264 e. The Morgan fingerprint density at radius 3 is 2.11 bits per heavy atom. The second-order valence-corrected chi connectivity index (χ2v) is 6.63. The number of carbonyl (C=O) groups is 1. The van der Waals surface area contributed by atoms with Gasteiger partial charge in [0.05, 0.1) is 4.90 Å². The molecule has 4 nitrogen and oxygen atoms in total. The predicted octanol–water partition coefficient (Wildman–Crippen LogP) is 1.98. The normalized spacial score (nSPS) is 11.9. The highest BCUT2D eigenvalue weighted by Crippen LogP contribution is 2.23. The molecule has 0 heterocycles. The molecule has 5 heteroatoms. The summed E-state index contributed by atoms with van der Waals surface area (Å²) in [6.07, 6.45) is 0.918. The van der Waals surface area contributed by atoms with Crippen LogP contribution in [0.5, 0.6) is 0 Å². The van der Waals surface area contributed by atoms with Crippen LogP contribution in [0, 0.1) is 0 Å². The number of carbonyl (C=O) groups excluding carboxylic acids is 1. The molecule has 0 fully saturated rings. The lowest BCUT2D eigenvalue weighted by Crippen LogP contribution is -2.28. The molecule has 0 saturated carbocycles. The molecule has 0 spiro atoms. The first-order valence-corrected chi connectivity index (χ1v) is 6.95. The standard InChI is InChI=1S/C13H17NO3S/c1-5-12(15)14-18(16,17)11-8-6-10(7-9-11)13(2,3)4/h5-9H,1H2,2-4H3,(H,14,15). The maximum atomic E-state index is 11.8. The Kier molecular flexibility index (Phi) is 3.96.